The predicted molar refractivity (Wildman–Crippen MR) is 474 cm³/mol. The van der Waals surface area contributed by atoms with E-state index in [1.807, 2.05) is 68.5 Å². The summed E-state index contributed by atoms with van der Waals surface area (Å²) in [5, 5.41) is 39.7. The van der Waals surface area contributed by atoms with E-state index in [0.717, 1.165) is 66.4 Å². The van der Waals surface area contributed by atoms with Gasteiger partial charge >= 0.3 is 107 Å². The molecule has 756 valence electrons. The van der Waals surface area contributed by atoms with E-state index in [0.29, 0.717) is 57.8 Å². The van der Waals surface area contributed by atoms with Crippen LogP contribution in [0.1, 0.15) is 252 Å². The second-order valence-corrected chi connectivity index (χ2v) is 33.4. The lowest BCUT2D eigenvalue weighted by molar-refractivity contribution is -0.184. The lowest BCUT2D eigenvalue weighted by Crippen LogP contribution is -2.37. The summed E-state index contributed by atoms with van der Waals surface area (Å²) in [4.78, 5) is 220. The van der Waals surface area contributed by atoms with E-state index in [1.165, 1.54) is 74.8 Å². The first-order chi connectivity index (χ1) is 63.3. The van der Waals surface area contributed by atoms with Gasteiger partial charge in [0.2, 0.25) is 0 Å². The van der Waals surface area contributed by atoms with Gasteiger partial charge in [-0.2, -0.15) is 0 Å². The van der Waals surface area contributed by atoms with Crippen molar-refractivity contribution in [3.05, 3.63) is 96.1 Å². The molecule has 0 bridgehead atoms. The van der Waals surface area contributed by atoms with Crippen LogP contribution in [0.25, 0.3) is 0 Å². The van der Waals surface area contributed by atoms with Crippen LogP contribution in [0.15, 0.2) is 85.0 Å². The highest BCUT2D eigenvalue weighted by molar-refractivity contribution is 5.88. The summed E-state index contributed by atoms with van der Waals surface area (Å²) in [6, 6.07) is 19.3. The zero-order valence-electron chi connectivity index (χ0n) is 80.7. The van der Waals surface area contributed by atoms with Crippen LogP contribution in [0, 0.1) is 23.7 Å². The Balaban J connectivity index is 0.000000990. The van der Waals surface area contributed by atoms with Crippen molar-refractivity contribution < 1.29 is 187 Å². The minimum Gasteiger partial charge on any atom is -0.479 e. The Morgan fingerprint density at radius 2 is 0.607 bits per heavy atom. The molecule has 39 nitrogen and oxygen atoms in total. The van der Waals surface area contributed by atoms with Gasteiger partial charge in [0.1, 0.15) is 18.3 Å². The average molecular weight is 1920 g/mol. The number of ether oxygens (including phenoxy) is 17. The number of carboxylic acids is 1. The van der Waals surface area contributed by atoms with Crippen LogP contribution in [0.5, 0.6) is 0 Å². The maximum absolute atomic E-state index is 14.0. The molecule has 2 fully saturated rings. The minimum absolute atomic E-state index is 0.00652. The van der Waals surface area contributed by atoms with Gasteiger partial charge in [-0.15, -0.1) is 0 Å². The molecule has 4 N–H and O–H groups in total. The van der Waals surface area contributed by atoms with Crippen LogP contribution >= 0.6 is 0 Å². The topological polar surface area (TPSA) is 545 Å². The van der Waals surface area contributed by atoms with Gasteiger partial charge in [0.25, 0.3) is 0 Å². The third kappa shape index (κ3) is 48.8. The summed E-state index contributed by atoms with van der Waals surface area (Å²) < 4.78 is 87.9. The van der Waals surface area contributed by atoms with Gasteiger partial charge < -0.3 is 101 Å². The fourth-order valence-electron chi connectivity index (χ4n) is 13.8. The fourth-order valence-corrected chi connectivity index (χ4v) is 13.8. The molecule has 0 aromatic heterocycles. The molecule has 135 heavy (non-hydrogen) atoms. The number of aliphatic hydroxyl groups excluding tert-OH is 3. The van der Waals surface area contributed by atoms with Crippen LogP contribution < -0.4 is 0 Å². The zero-order chi connectivity index (χ0) is 102. The van der Waals surface area contributed by atoms with Crippen molar-refractivity contribution in [2.75, 3.05) is 0 Å². The standard InChI is InChI=1S/C59H82O26.C26H40O5.C11H16O8/c1-31(2)73-50(63)25-21-16-15-20-24-46-47(29-28-45(27-26-44-22-18-17-19-23-44)83-57(70)38(9)80-54(67)35(6)77-51(64)32(3)74-41(12)60)49(85-59(72)40(11)82-56(69)37(8)79-53(66)34(5)76-43(14)62)30-48(46)84-58(71)39(10)81-55(68)36(7)78-52(65)33(4)75-42(13)61;1-19(2)31-26(30)13-9-4-3-8-12-22-23(25(29)18-24(22)28)17-16-21(27)15-14-20-10-6-5-7-11-20;1-5(9(13)14)18-11(16)7(3)19-10(15)6(2)17-8(4)12/h15,17-20,22-23,31-40,45-49H,16,21,24-30H2,1-14H3;3,5-8,10-11,19,21-25,27-29H,4,9,12-18H2,1-2H3;5-7H,1-4H3,(H,13,14)/b20-15-;8-3-;/t32-,33-,34-,35-,36-,37-,38-,39-,40-,45?,46?,47?,48?,49?;;5-,6+,7-/m0.1/s1. The molecule has 0 spiro atoms. The molecule has 2 aliphatic rings. The lowest BCUT2D eigenvalue weighted by Gasteiger charge is -2.29. The van der Waals surface area contributed by atoms with E-state index in [4.69, 9.17) is 71.4 Å². The lowest BCUT2D eigenvalue weighted by atomic mass is 9.85. The first-order valence-corrected chi connectivity index (χ1v) is 45.3. The zero-order valence-corrected chi connectivity index (χ0v) is 80.7. The Bertz CT molecular complexity index is 4190. The quantitative estimate of drug-likeness (QED) is 0.0207. The van der Waals surface area contributed by atoms with E-state index in [1.54, 1.807) is 26.0 Å². The van der Waals surface area contributed by atoms with Crippen LogP contribution in [-0.4, -0.2) is 250 Å². The molecular weight excluding hydrogens is 1780 g/mol. The number of aliphatic hydroxyl groups is 3. The highest BCUT2D eigenvalue weighted by atomic mass is 16.7. The van der Waals surface area contributed by atoms with Crippen molar-refractivity contribution in [3.8, 4) is 0 Å². The number of carbonyl (C=O) groups excluding carboxylic acids is 17. The third-order valence-electron chi connectivity index (χ3n) is 20.8. The normalized spacial score (nSPS) is 19.7. The number of unbranched alkanes of at least 4 members (excludes halogenated alkanes) is 2. The fraction of sp³-hybridized carbons (Fsp3) is 0.646. The third-order valence-corrected chi connectivity index (χ3v) is 20.8. The SMILES string of the molecule is CC(=O)O[C@@H](C)C(=O)O[C@@H](C)C(=O)O[C@@H](C)C(=O)OC(CCc1ccccc1)CCC1C(OC(=O)[C@H](C)OC(=O)[C@H](C)OC(=O)[C@H](C)OC(C)=O)CC(OC(=O)[C@H](C)OC(=O)[C@H](C)OC(=O)[C@H](C)OC(C)=O)C1C/C=C\CCCC(=O)OC(C)C.CC(=O)O[C@@H](C)C(=O)O[C@H](C)C(=O)O[C@H](C)C(=O)O.CC(C)OC(=O)CCC/C=C\CC1C(O)CC(O)C1CCC(O)CCc1ccccc1. The van der Waals surface area contributed by atoms with Gasteiger partial charge in [0.05, 0.1) is 30.5 Å². The molecule has 4 rings (SSSR count). The molecule has 2 aromatic carbocycles. The van der Waals surface area contributed by atoms with Gasteiger partial charge in [0.15, 0.2) is 73.2 Å². The molecule has 22 atom stereocenters. The monoisotopic (exact) mass is 1910 g/mol. The Kier molecular flexibility index (Phi) is 55.5. The molecular formula is C96H138O39. The molecule has 0 heterocycles. The number of aryl methyl sites for hydroxylation is 2. The van der Waals surface area contributed by atoms with Crippen molar-refractivity contribution in [1.29, 1.82) is 0 Å². The van der Waals surface area contributed by atoms with E-state index >= 15 is 0 Å². The van der Waals surface area contributed by atoms with Crippen LogP contribution in [0.2, 0.25) is 0 Å². The Morgan fingerprint density at radius 3 is 0.941 bits per heavy atom. The smallest absolute Gasteiger partial charge is 0.347 e. The highest BCUT2D eigenvalue weighted by Gasteiger charge is 2.49. The molecule has 10 unspecified atom stereocenters. The van der Waals surface area contributed by atoms with Gasteiger partial charge in [0, 0.05) is 58.8 Å². The van der Waals surface area contributed by atoms with Crippen molar-refractivity contribution in [2.45, 2.75) is 376 Å². The molecule has 0 radical (unpaired) electrons. The number of carboxylic acid groups (broad SMARTS) is 1. The maximum atomic E-state index is 14.0. The number of esters is 17. The largest absolute Gasteiger partial charge is 0.479 e. The number of hydrogen-bond acceptors (Lipinski definition) is 38. The number of carbonyl (C=O) groups is 18. The molecule has 0 amide bonds. The van der Waals surface area contributed by atoms with E-state index < -0.39 is 223 Å². The Labute approximate surface area is 787 Å². The minimum atomic E-state index is -1.64. The highest BCUT2D eigenvalue weighted by Crippen LogP contribution is 2.43. The van der Waals surface area contributed by atoms with Gasteiger partial charge in [-0.25, -0.2) is 57.5 Å². The van der Waals surface area contributed by atoms with Crippen molar-refractivity contribution in [2.24, 2.45) is 23.7 Å². The first-order valence-electron chi connectivity index (χ1n) is 45.3. The van der Waals surface area contributed by atoms with Crippen LogP contribution in [0.4, 0.5) is 0 Å². The molecule has 2 aliphatic carbocycles. The van der Waals surface area contributed by atoms with Gasteiger partial charge in [-0.1, -0.05) is 85.0 Å². The second kappa shape index (κ2) is 62.7. The van der Waals surface area contributed by atoms with E-state index in [-0.39, 0.29) is 68.5 Å². The predicted octanol–water partition coefficient (Wildman–Crippen LogP) is 9.36. The summed E-state index contributed by atoms with van der Waals surface area (Å²) in [7, 11) is 0. The summed E-state index contributed by atoms with van der Waals surface area (Å²) in [6.45, 7) is 26.0. The number of allylic oxidation sites excluding steroid dienone is 4. The maximum Gasteiger partial charge on any atom is 0.347 e. The van der Waals surface area contributed by atoms with Crippen LogP contribution in [-0.2, 0) is 180 Å². The average Bonchev–Trinajstić information content (AvgIpc) is 1.66. The van der Waals surface area contributed by atoms with Crippen molar-refractivity contribution in [3.63, 3.8) is 0 Å². The molecule has 0 saturated heterocycles. The van der Waals surface area contributed by atoms with E-state index in [9.17, 15) is 102 Å². The number of hydrogen-bond donors (Lipinski definition) is 4. The van der Waals surface area contributed by atoms with Gasteiger partial charge in [-0.05, 0) is 230 Å². The summed E-state index contributed by atoms with van der Waals surface area (Å²) >= 11 is 0. The van der Waals surface area contributed by atoms with Crippen molar-refractivity contribution >= 4 is 107 Å². The number of aliphatic carboxylic acids is 1. The van der Waals surface area contributed by atoms with Crippen LogP contribution in [0.3, 0.4) is 0 Å². The number of rotatable bonds is 53. The first kappa shape index (κ1) is 119. The van der Waals surface area contributed by atoms with Gasteiger partial charge in [-0.3, -0.25) is 28.8 Å². The molecule has 2 aromatic rings. The van der Waals surface area contributed by atoms with E-state index in [2.05, 4.69) is 32.4 Å². The Hall–Kier alpha value is -11.7. The molecule has 39 heteroatoms. The molecule has 2 saturated carbocycles. The number of benzene rings is 2. The summed E-state index contributed by atoms with van der Waals surface area (Å²) in [5.41, 5.74) is 2.09. The molecule has 0 aliphatic heterocycles. The van der Waals surface area contributed by atoms with Crippen molar-refractivity contribution in [1.82, 2.24) is 0 Å². The summed E-state index contributed by atoms with van der Waals surface area (Å²) in [6.07, 6.45) is -7.18. The Morgan fingerprint density at radius 1 is 0.319 bits per heavy atom. The summed E-state index contributed by atoms with van der Waals surface area (Å²) in [5.74, 6) is -18.0. The second-order valence-electron chi connectivity index (χ2n) is 33.4.